The summed E-state index contributed by atoms with van der Waals surface area (Å²) in [6, 6.07) is 7.38. The molecule has 1 aromatic carbocycles. The summed E-state index contributed by atoms with van der Waals surface area (Å²) < 4.78 is 5.38. The summed E-state index contributed by atoms with van der Waals surface area (Å²) in [5.41, 5.74) is 0.773. The van der Waals surface area contributed by atoms with E-state index < -0.39 is 9.85 Å². The van der Waals surface area contributed by atoms with Gasteiger partial charge in [0.2, 0.25) is 0 Å². The second-order valence-electron chi connectivity index (χ2n) is 7.47. The SMILES string of the molecule is O=C(c1cc([N+](=O)[O-])ccc1N1CCOCC1)N1CCN(c2ccc([N+](=O)[O-])cn2)CC1. The molecule has 1 amide bonds. The average molecular weight is 442 g/mol. The zero-order chi connectivity index (χ0) is 22.7. The molecule has 32 heavy (non-hydrogen) atoms. The van der Waals surface area contributed by atoms with E-state index in [1.54, 1.807) is 17.0 Å². The Morgan fingerprint density at radius 3 is 2.12 bits per heavy atom. The van der Waals surface area contributed by atoms with Crippen LogP contribution in [0.25, 0.3) is 0 Å². The van der Waals surface area contributed by atoms with Gasteiger partial charge in [0.1, 0.15) is 12.0 Å². The topological polar surface area (TPSA) is 135 Å². The second kappa shape index (κ2) is 9.14. The fraction of sp³-hybridized carbons (Fsp3) is 0.400. The zero-order valence-corrected chi connectivity index (χ0v) is 17.3. The van der Waals surface area contributed by atoms with Crippen LogP contribution in [-0.2, 0) is 4.74 Å². The lowest BCUT2D eigenvalue weighted by atomic mass is 10.1. The van der Waals surface area contributed by atoms with Crippen LogP contribution in [0.1, 0.15) is 10.4 Å². The van der Waals surface area contributed by atoms with Gasteiger partial charge in [-0.25, -0.2) is 4.98 Å². The van der Waals surface area contributed by atoms with Crippen molar-refractivity contribution in [2.45, 2.75) is 0 Å². The molecule has 1 aromatic heterocycles. The molecular weight excluding hydrogens is 420 g/mol. The maximum atomic E-state index is 13.3. The van der Waals surface area contributed by atoms with Crippen LogP contribution in [0.2, 0.25) is 0 Å². The number of rotatable bonds is 5. The number of hydrogen-bond acceptors (Lipinski definition) is 9. The number of anilines is 2. The number of carbonyl (C=O) groups excluding carboxylic acids is 1. The fourth-order valence-electron chi connectivity index (χ4n) is 3.87. The molecule has 0 spiro atoms. The average Bonchev–Trinajstić information content (AvgIpc) is 2.84. The molecule has 0 radical (unpaired) electrons. The van der Waals surface area contributed by atoms with Crippen molar-refractivity contribution in [3.8, 4) is 0 Å². The van der Waals surface area contributed by atoms with Crippen LogP contribution in [-0.4, -0.2) is 78.1 Å². The second-order valence-corrected chi connectivity index (χ2v) is 7.47. The minimum absolute atomic E-state index is 0.0797. The van der Waals surface area contributed by atoms with E-state index >= 15 is 0 Å². The van der Waals surface area contributed by atoms with Crippen LogP contribution in [0.3, 0.4) is 0 Å². The van der Waals surface area contributed by atoms with Gasteiger partial charge in [0.05, 0.1) is 34.3 Å². The lowest BCUT2D eigenvalue weighted by Gasteiger charge is -2.36. The predicted octanol–water partition coefficient (Wildman–Crippen LogP) is 1.70. The summed E-state index contributed by atoms with van der Waals surface area (Å²) in [6.45, 7) is 4.09. The number of nitro benzene ring substituents is 1. The maximum Gasteiger partial charge on any atom is 0.287 e. The largest absolute Gasteiger partial charge is 0.378 e. The number of nitrogens with zero attached hydrogens (tertiary/aromatic N) is 6. The summed E-state index contributed by atoms with van der Waals surface area (Å²) in [6.07, 6.45) is 1.21. The van der Waals surface area contributed by atoms with E-state index in [1.807, 2.05) is 9.80 Å². The molecule has 2 aliphatic rings. The molecule has 12 heteroatoms. The molecule has 2 fully saturated rings. The van der Waals surface area contributed by atoms with Crippen LogP contribution in [0.5, 0.6) is 0 Å². The number of aromatic nitrogens is 1. The molecule has 0 bridgehead atoms. The Hall–Kier alpha value is -3.80. The van der Waals surface area contributed by atoms with Gasteiger partial charge in [-0.3, -0.25) is 25.0 Å². The number of benzene rings is 1. The first-order valence-corrected chi connectivity index (χ1v) is 10.2. The Balaban J connectivity index is 1.50. The number of hydrogen-bond donors (Lipinski definition) is 0. The molecule has 2 saturated heterocycles. The van der Waals surface area contributed by atoms with Crippen molar-refractivity contribution in [1.82, 2.24) is 9.88 Å². The Labute approximate surface area is 183 Å². The molecule has 0 saturated carbocycles. The number of non-ortho nitro benzene ring substituents is 1. The lowest BCUT2D eigenvalue weighted by molar-refractivity contribution is -0.385. The van der Waals surface area contributed by atoms with Crippen molar-refractivity contribution < 1.29 is 19.4 Å². The smallest absolute Gasteiger partial charge is 0.287 e. The highest BCUT2D eigenvalue weighted by atomic mass is 16.6. The molecule has 2 aliphatic heterocycles. The first kappa shape index (κ1) is 21.4. The van der Waals surface area contributed by atoms with Crippen molar-refractivity contribution in [1.29, 1.82) is 0 Å². The third-order valence-electron chi connectivity index (χ3n) is 5.61. The molecule has 4 rings (SSSR count). The van der Waals surface area contributed by atoms with Crippen molar-refractivity contribution in [2.75, 3.05) is 62.3 Å². The van der Waals surface area contributed by atoms with Crippen LogP contribution in [0, 0.1) is 20.2 Å². The Bertz CT molecular complexity index is 1020. The first-order valence-electron chi connectivity index (χ1n) is 10.2. The Morgan fingerprint density at radius 1 is 0.875 bits per heavy atom. The highest BCUT2D eigenvalue weighted by molar-refractivity contribution is 6.00. The van der Waals surface area contributed by atoms with Gasteiger partial charge in [0.25, 0.3) is 17.3 Å². The minimum atomic E-state index is -0.502. The van der Waals surface area contributed by atoms with Gasteiger partial charge in [-0.05, 0) is 12.1 Å². The summed E-state index contributed by atoms with van der Waals surface area (Å²) >= 11 is 0. The van der Waals surface area contributed by atoms with Crippen molar-refractivity contribution in [2.24, 2.45) is 0 Å². The number of pyridine rings is 1. The summed E-state index contributed by atoms with van der Waals surface area (Å²) in [5.74, 6) is 0.346. The number of amides is 1. The fourth-order valence-corrected chi connectivity index (χ4v) is 3.87. The van der Waals surface area contributed by atoms with E-state index in [2.05, 4.69) is 4.98 Å². The van der Waals surface area contributed by atoms with Gasteiger partial charge in [0, 0.05) is 57.5 Å². The molecule has 0 aliphatic carbocycles. The molecule has 2 aromatic rings. The van der Waals surface area contributed by atoms with Crippen molar-refractivity contribution in [3.05, 3.63) is 62.3 Å². The van der Waals surface area contributed by atoms with Gasteiger partial charge in [0.15, 0.2) is 0 Å². The number of nitro groups is 2. The number of morpholine rings is 1. The van der Waals surface area contributed by atoms with Gasteiger partial charge in [-0.1, -0.05) is 0 Å². The highest BCUT2D eigenvalue weighted by Crippen LogP contribution is 2.28. The summed E-state index contributed by atoms with van der Waals surface area (Å²) in [7, 11) is 0. The lowest BCUT2D eigenvalue weighted by Crippen LogP contribution is -2.49. The summed E-state index contributed by atoms with van der Waals surface area (Å²) in [5, 5.41) is 22.1. The Morgan fingerprint density at radius 2 is 1.53 bits per heavy atom. The highest BCUT2D eigenvalue weighted by Gasteiger charge is 2.28. The van der Waals surface area contributed by atoms with Crippen molar-refractivity contribution in [3.63, 3.8) is 0 Å². The van der Waals surface area contributed by atoms with Gasteiger partial charge >= 0.3 is 0 Å². The molecule has 12 nitrogen and oxygen atoms in total. The number of ether oxygens (including phenoxy) is 1. The number of piperazine rings is 1. The third-order valence-corrected chi connectivity index (χ3v) is 5.61. The number of carbonyl (C=O) groups is 1. The first-order chi connectivity index (χ1) is 15.4. The molecule has 168 valence electrons. The van der Waals surface area contributed by atoms with Crippen LogP contribution in [0.4, 0.5) is 22.9 Å². The summed E-state index contributed by atoms with van der Waals surface area (Å²) in [4.78, 5) is 44.2. The third kappa shape index (κ3) is 4.44. The maximum absolute atomic E-state index is 13.3. The molecule has 0 unspecified atom stereocenters. The van der Waals surface area contributed by atoms with Gasteiger partial charge in [-0.2, -0.15) is 0 Å². The molecular formula is C20H22N6O6. The quantitative estimate of drug-likeness (QED) is 0.500. The van der Waals surface area contributed by atoms with Gasteiger partial charge in [-0.15, -0.1) is 0 Å². The van der Waals surface area contributed by atoms with E-state index in [0.717, 1.165) is 0 Å². The van der Waals surface area contributed by atoms with Crippen LogP contribution >= 0.6 is 0 Å². The van der Waals surface area contributed by atoms with Crippen LogP contribution in [0.15, 0.2) is 36.5 Å². The van der Waals surface area contributed by atoms with E-state index in [4.69, 9.17) is 4.74 Å². The molecule has 3 heterocycles. The van der Waals surface area contributed by atoms with E-state index in [-0.39, 0.29) is 17.3 Å². The van der Waals surface area contributed by atoms with E-state index in [1.165, 1.54) is 24.4 Å². The Kier molecular flexibility index (Phi) is 6.12. The standard InChI is InChI=1S/C20H22N6O6/c27-20(17-13-15(25(28)29)1-3-18(17)22-9-11-32-12-10-22)24-7-5-23(6-8-24)19-4-2-16(14-21-19)26(30)31/h1-4,13-14H,5-12H2. The molecule has 0 atom stereocenters. The zero-order valence-electron chi connectivity index (χ0n) is 17.3. The van der Waals surface area contributed by atoms with Crippen LogP contribution < -0.4 is 9.80 Å². The van der Waals surface area contributed by atoms with Gasteiger partial charge < -0.3 is 19.4 Å². The normalized spacial score (nSPS) is 16.7. The monoisotopic (exact) mass is 442 g/mol. The molecule has 0 N–H and O–H groups in total. The minimum Gasteiger partial charge on any atom is -0.378 e. The van der Waals surface area contributed by atoms with E-state index in [0.29, 0.717) is 69.6 Å². The predicted molar refractivity (Wildman–Crippen MR) is 115 cm³/mol. The van der Waals surface area contributed by atoms with Crippen molar-refractivity contribution >= 4 is 28.8 Å². The van der Waals surface area contributed by atoms with E-state index in [9.17, 15) is 25.0 Å².